The maximum absolute atomic E-state index is 12.6. The minimum atomic E-state index is -4.45. The third-order valence-electron chi connectivity index (χ3n) is 4.80. The summed E-state index contributed by atoms with van der Waals surface area (Å²) in [5.41, 5.74) is -0.0234. The fourth-order valence-electron chi connectivity index (χ4n) is 3.13. The monoisotopic (exact) mass is 426 g/mol. The van der Waals surface area contributed by atoms with Crippen LogP contribution < -0.4 is 5.32 Å². The van der Waals surface area contributed by atoms with Crippen molar-refractivity contribution in [2.24, 2.45) is 0 Å². The number of nitrogens with one attached hydrogen (secondary N) is 1. The Balaban J connectivity index is 1.60. The quantitative estimate of drug-likeness (QED) is 0.791. The van der Waals surface area contributed by atoms with E-state index in [1.54, 1.807) is 12.1 Å². The highest BCUT2D eigenvalue weighted by molar-refractivity contribution is 7.89. The van der Waals surface area contributed by atoms with E-state index >= 15 is 0 Å². The van der Waals surface area contributed by atoms with E-state index in [1.807, 2.05) is 0 Å². The first kappa shape index (κ1) is 21.3. The van der Waals surface area contributed by atoms with Gasteiger partial charge in [0.1, 0.15) is 0 Å². The Morgan fingerprint density at radius 2 is 1.52 bits per heavy atom. The van der Waals surface area contributed by atoms with Crippen molar-refractivity contribution in [3.63, 3.8) is 0 Å². The highest BCUT2D eigenvalue weighted by atomic mass is 32.2. The predicted octanol–water partition coefficient (Wildman–Crippen LogP) is 3.81. The first-order valence-corrected chi connectivity index (χ1v) is 10.7. The molecule has 0 bridgehead atoms. The Morgan fingerprint density at radius 1 is 0.931 bits per heavy atom. The fraction of sp³-hybridized carbons (Fsp3) is 0.350. The van der Waals surface area contributed by atoms with Gasteiger partial charge in [0.2, 0.25) is 10.0 Å². The molecule has 0 spiro atoms. The second-order valence-corrected chi connectivity index (χ2v) is 8.80. The average molecular weight is 426 g/mol. The Bertz CT molecular complexity index is 950. The molecule has 1 heterocycles. The molecule has 0 aliphatic carbocycles. The number of amides is 1. The van der Waals surface area contributed by atoms with Gasteiger partial charge in [-0.05, 0) is 54.8 Å². The fourth-order valence-corrected chi connectivity index (χ4v) is 4.65. The number of sulfonamides is 1. The molecule has 0 saturated carbocycles. The molecule has 0 radical (unpaired) electrons. The summed E-state index contributed by atoms with van der Waals surface area (Å²) in [7, 11) is -3.52. The van der Waals surface area contributed by atoms with Crippen molar-refractivity contribution in [2.45, 2.75) is 36.9 Å². The SMILES string of the molecule is O=C(NCc1ccc(S(=O)(=O)N2CCCCC2)cc1)c1ccc(C(F)(F)F)cc1. The molecule has 0 aromatic heterocycles. The van der Waals surface area contributed by atoms with E-state index in [-0.39, 0.29) is 17.0 Å². The highest BCUT2D eigenvalue weighted by Gasteiger charge is 2.30. The van der Waals surface area contributed by atoms with Crippen LogP contribution in [0.2, 0.25) is 0 Å². The molecule has 2 aromatic rings. The topological polar surface area (TPSA) is 66.5 Å². The van der Waals surface area contributed by atoms with Crippen LogP contribution in [-0.4, -0.2) is 31.7 Å². The third-order valence-corrected chi connectivity index (χ3v) is 6.72. The van der Waals surface area contributed by atoms with Crippen molar-refractivity contribution in [2.75, 3.05) is 13.1 Å². The zero-order chi connectivity index (χ0) is 21.1. The summed E-state index contributed by atoms with van der Waals surface area (Å²) in [4.78, 5) is 12.3. The summed E-state index contributed by atoms with van der Waals surface area (Å²) in [5.74, 6) is -0.510. The molecule has 1 saturated heterocycles. The van der Waals surface area contributed by atoms with Crippen LogP contribution in [0.25, 0.3) is 0 Å². The van der Waals surface area contributed by atoms with Gasteiger partial charge in [-0.15, -0.1) is 0 Å². The summed E-state index contributed by atoms with van der Waals surface area (Å²) < 4.78 is 64.5. The first-order chi connectivity index (χ1) is 13.7. The maximum atomic E-state index is 12.6. The highest BCUT2D eigenvalue weighted by Crippen LogP contribution is 2.29. The van der Waals surface area contributed by atoms with E-state index in [1.165, 1.54) is 16.4 Å². The van der Waals surface area contributed by atoms with Gasteiger partial charge in [-0.3, -0.25) is 4.79 Å². The molecule has 2 aromatic carbocycles. The van der Waals surface area contributed by atoms with Crippen LogP contribution in [-0.2, 0) is 22.7 Å². The van der Waals surface area contributed by atoms with Gasteiger partial charge in [0.25, 0.3) is 5.91 Å². The lowest BCUT2D eigenvalue weighted by Crippen LogP contribution is -2.35. The van der Waals surface area contributed by atoms with Gasteiger partial charge in [-0.25, -0.2) is 8.42 Å². The van der Waals surface area contributed by atoms with Crippen molar-refractivity contribution in [3.05, 3.63) is 65.2 Å². The van der Waals surface area contributed by atoms with E-state index in [0.29, 0.717) is 18.7 Å². The largest absolute Gasteiger partial charge is 0.416 e. The molecule has 5 nitrogen and oxygen atoms in total. The summed E-state index contributed by atoms with van der Waals surface area (Å²) in [6, 6.07) is 10.2. The van der Waals surface area contributed by atoms with Gasteiger partial charge >= 0.3 is 6.18 Å². The number of hydrogen-bond acceptors (Lipinski definition) is 3. The molecule has 1 N–H and O–H groups in total. The van der Waals surface area contributed by atoms with Crippen molar-refractivity contribution in [3.8, 4) is 0 Å². The molecule has 0 unspecified atom stereocenters. The lowest BCUT2D eigenvalue weighted by atomic mass is 10.1. The number of benzene rings is 2. The van der Waals surface area contributed by atoms with E-state index < -0.39 is 27.7 Å². The van der Waals surface area contributed by atoms with Gasteiger partial charge in [0.05, 0.1) is 10.5 Å². The molecule has 0 atom stereocenters. The molecule has 156 valence electrons. The number of rotatable bonds is 5. The number of nitrogens with zero attached hydrogens (tertiary/aromatic N) is 1. The standard InChI is InChI=1S/C20H21F3N2O3S/c21-20(22,23)17-8-6-16(7-9-17)19(26)24-14-15-4-10-18(11-5-15)29(27,28)25-12-2-1-3-13-25/h4-11H,1-3,12-14H2,(H,24,26). The van der Waals surface area contributed by atoms with Crippen LogP contribution in [0.3, 0.4) is 0 Å². The van der Waals surface area contributed by atoms with Crippen molar-refractivity contribution >= 4 is 15.9 Å². The zero-order valence-corrected chi connectivity index (χ0v) is 16.4. The number of carbonyl (C=O) groups excluding carboxylic acids is 1. The minimum Gasteiger partial charge on any atom is -0.348 e. The minimum absolute atomic E-state index is 0.113. The van der Waals surface area contributed by atoms with Gasteiger partial charge in [-0.1, -0.05) is 18.6 Å². The van der Waals surface area contributed by atoms with Crippen LogP contribution >= 0.6 is 0 Å². The second-order valence-electron chi connectivity index (χ2n) is 6.87. The normalized spacial score (nSPS) is 15.8. The molecule has 3 rings (SSSR count). The molecule has 1 fully saturated rings. The van der Waals surface area contributed by atoms with Gasteiger partial charge < -0.3 is 5.32 Å². The average Bonchev–Trinajstić information content (AvgIpc) is 2.72. The number of piperidine rings is 1. The lowest BCUT2D eigenvalue weighted by Gasteiger charge is -2.25. The number of halogens is 3. The third kappa shape index (κ3) is 5.16. The molecular weight excluding hydrogens is 405 g/mol. The van der Waals surface area contributed by atoms with Gasteiger partial charge in [0, 0.05) is 25.2 Å². The van der Waals surface area contributed by atoms with Crippen molar-refractivity contribution in [1.29, 1.82) is 0 Å². The molecule has 1 amide bonds. The van der Waals surface area contributed by atoms with Crippen LogP contribution in [0, 0.1) is 0 Å². The predicted molar refractivity (Wildman–Crippen MR) is 102 cm³/mol. The smallest absolute Gasteiger partial charge is 0.348 e. The van der Waals surface area contributed by atoms with Crippen LogP contribution in [0.4, 0.5) is 13.2 Å². The summed E-state index contributed by atoms with van der Waals surface area (Å²) in [5, 5.41) is 2.61. The Hall–Kier alpha value is -2.39. The number of alkyl halides is 3. The van der Waals surface area contributed by atoms with Crippen molar-refractivity contribution < 1.29 is 26.4 Å². The molecular formula is C20H21F3N2O3S. The Morgan fingerprint density at radius 3 is 2.07 bits per heavy atom. The summed E-state index contributed by atoms with van der Waals surface area (Å²) >= 11 is 0. The summed E-state index contributed by atoms with van der Waals surface area (Å²) in [6.45, 7) is 1.17. The van der Waals surface area contributed by atoms with E-state index in [9.17, 15) is 26.4 Å². The second kappa shape index (κ2) is 8.54. The number of hydrogen-bond donors (Lipinski definition) is 1. The summed E-state index contributed by atoms with van der Waals surface area (Å²) in [6.07, 6.45) is -1.71. The molecule has 9 heteroatoms. The molecule has 1 aliphatic rings. The van der Waals surface area contributed by atoms with Crippen LogP contribution in [0.5, 0.6) is 0 Å². The van der Waals surface area contributed by atoms with Crippen molar-refractivity contribution in [1.82, 2.24) is 9.62 Å². The lowest BCUT2D eigenvalue weighted by molar-refractivity contribution is -0.137. The first-order valence-electron chi connectivity index (χ1n) is 9.22. The van der Waals surface area contributed by atoms with Gasteiger partial charge in [-0.2, -0.15) is 17.5 Å². The molecule has 29 heavy (non-hydrogen) atoms. The molecule has 1 aliphatic heterocycles. The maximum Gasteiger partial charge on any atom is 0.416 e. The van der Waals surface area contributed by atoms with E-state index in [0.717, 1.165) is 43.5 Å². The number of carbonyl (C=O) groups is 1. The van der Waals surface area contributed by atoms with Gasteiger partial charge in [0.15, 0.2) is 0 Å². The Kier molecular flexibility index (Phi) is 6.28. The van der Waals surface area contributed by atoms with E-state index in [2.05, 4.69) is 5.32 Å². The Labute approximate surface area is 167 Å². The van der Waals surface area contributed by atoms with Crippen LogP contribution in [0.1, 0.15) is 40.7 Å². The van der Waals surface area contributed by atoms with Crippen LogP contribution in [0.15, 0.2) is 53.4 Å². The van der Waals surface area contributed by atoms with E-state index in [4.69, 9.17) is 0 Å². The zero-order valence-electron chi connectivity index (χ0n) is 15.6.